The molecule has 1 fully saturated rings. The molecule has 0 spiro atoms. The highest BCUT2D eigenvalue weighted by Crippen LogP contribution is 2.23. The number of nitrogens with zero attached hydrogens (tertiary/aromatic N) is 2. The lowest BCUT2D eigenvalue weighted by molar-refractivity contribution is -0.136. The number of methoxy groups -OCH3 is 1. The molecule has 0 atom stereocenters. The van der Waals surface area contributed by atoms with E-state index in [2.05, 4.69) is 9.64 Å². The van der Waals surface area contributed by atoms with Crippen molar-refractivity contribution in [3.63, 3.8) is 0 Å². The van der Waals surface area contributed by atoms with Gasteiger partial charge < -0.3 is 14.4 Å². The summed E-state index contributed by atoms with van der Waals surface area (Å²) < 4.78 is 10.5. The summed E-state index contributed by atoms with van der Waals surface area (Å²) in [5, 5.41) is 0. The number of halogens is 1. The lowest BCUT2D eigenvalue weighted by atomic mass is 10.1. The van der Waals surface area contributed by atoms with Gasteiger partial charge in [-0.2, -0.15) is 0 Å². The minimum atomic E-state index is -0.608. The molecule has 9 heteroatoms. The zero-order valence-electron chi connectivity index (χ0n) is 15.9. The zero-order chi connectivity index (χ0) is 20.8. The molecule has 7 nitrogen and oxygen atoms in total. The molecule has 0 unspecified atom stereocenters. The zero-order valence-corrected chi connectivity index (χ0v) is 17.5. The molecule has 0 radical (unpaired) electrons. The molecule has 0 bridgehead atoms. The lowest BCUT2D eigenvalue weighted by Crippen LogP contribution is -2.49. The van der Waals surface area contributed by atoms with Gasteiger partial charge in [0.25, 0.3) is 5.91 Å². The number of hydrogen-bond acceptors (Lipinski definition) is 7. The van der Waals surface area contributed by atoms with E-state index in [1.165, 1.54) is 36.3 Å². The molecular weight excluding hydrogens is 416 g/mol. The molecule has 1 aliphatic heterocycles. The smallest absolute Gasteiger partial charge is 0.338 e. The van der Waals surface area contributed by atoms with Gasteiger partial charge in [0.05, 0.1) is 22.6 Å². The first kappa shape index (κ1) is 21.3. The van der Waals surface area contributed by atoms with Crippen LogP contribution in [0.15, 0.2) is 36.4 Å². The van der Waals surface area contributed by atoms with Crippen LogP contribution >= 0.6 is 22.9 Å². The fourth-order valence-corrected chi connectivity index (χ4v) is 4.10. The largest absolute Gasteiger partial charge is 0.465 e. The van der Waals surface area contributed by atoms with E-state index in [4.69, 9.17) is 16.3 Å². The maximum absolute atomic E-state index is 12.3. The number of piperazine rings is 1. The molecule has 2 aromatic rings. The number of esters is 2. The Labute approximate surface area is 177 Å². The van der Waals surface area contributed by atoms with Crippen LogP contribution in [-0.2, 0) is 20.8 Å². The Morgan fingerprint density at radius 3 is 2.14 bits per heavy atom. The summed E-state index contributed by atoms with van der Waals surface area (Å²) in [6, 6.07) is 9.79. The summed E-state index contributed by atoms with van der Waals surface area (Å²) in [6.45, 7) is 3.19. The van der Waals surface area contributed by atoms with Crippen LogP contribution in [-0.4, -0.2) is 67.5 Å². The second-order valence-corrected chi connectivity index (χ2v) is 8.31. The molecule has 1 amide bonds. The highest BCUT2D eigenvalue weighted by atomic mass is 35.5. The van der Waals surface area contributed by atoms with Crippen molar-refractivity contribution in [2.75, 3.05) is 39.9 Å². The lowest BCUT2D eigenvalue weighted by Gasteiger charge is -2.34. The first-order chi connectivity index (χ1) is 14.0. The van der Waals surface area contributed by atoms with E-state index in [9.17, 15) is 14.4 Å². The average molecular weight is 437 g/mol. The van der Waals surface area contributed by atoms with Crippen LogP contribution in [0.5, 0.6) is 0 Å². The summed E-state index contributed by atoms with van der Waals surface area (Å²) >= 11 is 7.52. The SMILES string of the molecule is COC(=O)c1ccc(C(=O)OCC(=O)N2CCN(Cc3ccc(Cl)s3)CC2)cc1. The normalized spacial score (nSPS) is 14.5. The highest BCUT2D eigenvalue weighted by molar-refractivity contribution is 7.16. The first-order valence-corrected chi connectivity index (χ1v) is 10.3. The Hall–Kier alpha value is -2.42. The van der Waals surface area contributed by atoms with Gasteiger partial charge in [-0.15, -0.1) is 11.3 Å². The Balaban J connectivity index is 1.42. The van der Waals surface area contributed by atoms with Crippen molar-refractivity contribution < 1.29 is 23.9 Å². The van der Waals surface area contributed by atoms with Crippen LogP contribution in [0.1, 0.15) is 25.6 Å². The molecule has 154 valence electrons. The number of carbonyl (C=O) groups excluding carboxylic acids is 3. The van der Waals surface area contributed by atoms with Crippen LogP contribution in [0.3, 0.4) is 0 Å². The number of benzene rings is 1. The van der Waals surface area contributed by atoms with Crippen LogP contribution in [0.2, 0.25) is 4.34 Å². The predicted octanol–water partition coefficient (Wildman–Crippen LogP) is 2.69. The Bertz CT molecular complexity index is 875. The topological polar surface area (TPSA) is 76.2 Å². The molecule has 3 rings (SSSR count). The van der Waals surface area contributed by atoms with Gasteiger partial charge in [-0.05, 0) is 36.4 Å². The summed E-state index contributed by atoms with van der Waals surface area (Å²) in [5.41, 5.74) is 0.604. The number of thiophene rings is 1. The van der Waals surface area contributed by atoms with Crippen LogP contribution in [0.25, 0.3) is 0 Å². The standard InChI is InChI=1S/C20H21ClN2O5S/c1-27-19(25)14-2-4-15(5-3-14)20(26)28-13-18(24)23-10-8-22(9-11-23)12-16-6-7-17(21)29-16/h2-7H,8-13H2,1H3. The number of amides is 1. The van der Waals surface area contributed by atoms with Gasteiger partial charge in [0.1, 0.15) is 0 Å². The third-order valence-corrected chi connectivity index (χ3v) is 5.82. The van der Waals surface area contributed by atoms with E-state index < -0.39 is 11.9 Å². The molecule has 1 aliphatic rings. The van der Waals surface area contributed by atoms with Crippen molar-refractivity contribution in [2.45, 2.75) is 6.54 Å². The molecule has 1 saturated heterocycles. The molecule has 2 heterocycles. The third kappa shape index (κ3) is 5.79. The predicted molar refractivity (Wildman–Crippen MR) is 109 cm³/mol. The summed E-state index contributed by atoms with van der Waals surface area (Å²) in [7, 11) is 1.29. The van der Waals surface area contributed by atoms with Crippen molar-refractivity contribution in [1.29, 1.82) is 0 Å². The summed E-state index contributed by atoms with van der Waals surface area (Å²) in [6.07, 6.45) is 0. The van der Waals surface area contributed by atoms with Crippen LogP contribution in [0, 0.1) is 0 Å². The molecule has 0 N–H and O–H groups in total. The Morgan fingerprint density at radius 1 is 0.966 bits per heavy atom. The molecule has 0 aliphatic carbocycles. The molecular formula is C20H21ClN2O5S. The van der Waals surface area contributed by atoms with E-state index in [0.717, 1.165) is 24.0 Å². The van der Waals surface area contributed by atoms with Gasteiger partial charge in [0, 0.05) is 37.6 Å². The van der Waals surface area contributed by atoms with Crippen molar-refractivity contribution >= 4 is 40.8 Å². The quantitative estimate of drug-likeness (QED) is 0.648. The van der Waals surface area contributed by atoms with Gasteiger partial charge in [0.2, 0.25) is 0 Å². The first-order valence-electron chi connectivity index (χ1n) is 9.06. The van der Waals surface area contributed by atoms with Gasteiger partial charge in [0.15, 0.2) is 6.61 Å². The van der Waals surface area contributed by atoms with E-state index in [1.54, 1.807) is 16.2 Å². The minimum Gasteiger partial charge on any atom is -0.465 e. The number of hydrogen-bond donors (Lipinski definition) is 0. The van der Waals surface area contributed by atoms with Gasteiger partial charge >= 0.3 is 11.9 Å². The number of carbonyl (C=O) groups is 3. The third-order valence-electron chi connectivity index (χ3n) is 4.60. The van der Waals surface area contributed by atoms with Crippen molar-refractivity contribution in [3.8, 4) is 0 Å². The summed E-state index contributed by atoms with van der Waals surface area (Å²) in [5.74, 6) is -1.31. The van der Waals surface area contributed by atoms with E-state index >= 15 is 0 Å². The second-order valence-electron chi connectivity index (χ2n) is 6.51. The van der Waals surface area contributed by atoms with Crippen molar-refractivity contribution in [1.82, 2.24) is 9.80 Å². The fourth-order valence-electron chi connectivity index (χ4n) is 2.97. The van der Waals surface area contributed by atoms with Crippen molar-refractivity contribution in [3.05, 3.63) is 56.7 Å². The summed E-state index contributed by atoms with van der Waals surface area (Å²) in [4.78, 5) is 41.0. The molecule has 1 aromatic carbocycles. The molecule has 29 heavy (non-hydrogen) atoms. The van der Waals surface area contributed by atoms with E-state index in [1.807, 2.05) is 12.1 Å². The Kier molecular flexibility index (Phi) is 7.24. The number of ether oxygens (including phenoxy) is 2. The van der Waals surface area contributed by atoms with Crippen LogP contribution < -0.4 is 0 Å². The molecule has 1 aromatic heterocycles. The van der Waals surface area contributed by atoms with E-state index in [-0.39, 0.29) is 18.1 Å². The average Bonchev–Trinajstić information content (AvgIpc) is 3.16. The minimum absolute atomic E-state index is 0.219. The van der Waals surface area contributed by atoms with Gasteiger partial charge in [-0.3, -0.25) is 9.69 Å². The van der Waals surface area contributed by atoms with E-state index in [0.29, 0.717) is 18.7 Å². The van der Waals surface area contributed by atoms with Gasteiger partial charge in [-0.1, -0.05) is 11.6 Å². The maximum atomic E-state index is 12.3. The van der Waals surface area contributed by atoms with Crippen LogP contribution in [0.4, 0.5) is 0 Å². The van der Waals surface area contributed by atoms with Gasteiger partial charge in [-0.25, -0.2) is 9.59 Å². The highest BCUT2D eigenvalue weighted by Gasteiger charge is 2.22. The number of rotatable bonds is 6. The van der Waals surface area contributed by atoms with Crippen molar-refractivity contribution in [2.24, 2.45) is 0 Å². The Morgan fingerprint density at radius 2 is 1.59 bits per heavy atom. The monoisotopic (exact) mass is 436 g/mol. The fraction of sp³-hybridized carbons (Fsp3) is 0.350. The second kappa shape index (κ2) is 9.87. The maximum Gasteiger partial charge on any atom is 0.338 e. The molecule has 0 saturated carbocycles.